The first-order valence-electron chi connectivity index (χ1n) is 13.5. The fourth-order valence-electron chi connectivity index (χ4n) is 6.27. The number of para-hydroxylation sites is 1. The normalized spacial score (nSPS) is 18.8. The van der Waals surface area contributed by atoms with Crippen LogP contribution >= 0.6 is 0 Å². The van der Waals surface area contributed by atoms with Crippen LogP contribution in [0.1, 0.15) is 55.1 Å². The van der Waals surface area contributed by atoms with Gasteiger partial charge in [-0.05, 0) is 73.7 Å². The number of hydrogen-bond acceptors (Lipinski definition) is 3. The van der Waals surface area contributed by atoms with Crippen molar-refractivity contribution in [2.75, 3.05) is 11.9 Å². The van der Waals surface area contributed by atoms with Crippen LogP contribution in [0.2, 0.25) is 0 Å². The summed E-state index contributed by atoms with van der Waals surface area (Å²) in [6, 6.07) is 21.7. The Hall–Kier alpha value is -4.26. The molecule has 2 heterocycles. The van der Waals surface area contributed by atoms with E-state index in [4.69, 9.17) is 5.10 Å². The highest BCUT2D eigenvalue weighted by atomic mass is 19.1. The Balaban J connectivity index is 1.25. The third-order valence-electron chi connectivity index (χ3n) is 8.24. The largest absolute Gasteiger partial charge is 0.329 e. The Morgan fingerprint density at radius 3 is 2.62 bits per heavy atom. The predicted molar refractivity (Wildman–Crippen MR) is 150 cm³/mol. The number of nitrogens with one attached hydrogen (secondary N) is 1. The minimum absolute atomic E-state index is 0.149. The van der Waals surface area contributed by atoms with E-state index < -0.39 is 0 Å². The molecule has 2 aromatic carbocycles. The molecule has 0 bridgehead atoms. The second-order valence-electron chi connectivity index (χ2n) is 10.5. The van der Waals surface area contributed by atoms with Crippen LogP contribution in [0.15, 0.2) is 96.3 Å². The first-order chi connectivity index (χ1) is 19.0. The van der Waals surface area contributed by atoms with Gasteiger partial charge >= 0.3 is 6.03 Å². The molecule has 3 atom stereocenters. The highest BCUT2D eigenvalue weighted by molar-refractivity contribution is 5.91. The number of halogens is 1. The maximum absolute atomic E-state index is 13.5. The van der Waals surface area contributed by atoms with Crippen molar-refractivity contribution < 1.29 is 9.18 Å². The van der Waals surface area contributed by atoms with Gasteiger partial charge in [0, 0.05) is 36.8 Å². The van der Waals surface area contributed by atoms with E-state index in [1.165, 1.54) is 34.5 Å². The summed E-state index contributed by atoms with van der Waals surface area (Å²) in [6.45, 7) is 2.26. The van der Waals surface area contributed by atoms with Gasteiger partial charge in [0.2, 0.25) is 0 Å². The van der Waals surface area contributed by atoms with Crippen LogP contribution < -0.4 is 10.2 Å². The van der Waals surface area contributed by atoms with Crippen molar-refractivity contribution in [2.24, 2.45) is 5.92 Å². The van der Waals surface area contributed by atoms with Gasteiger partial charge in [-0.25, -0.2) is 13.9 Å². The second-order valence-corrected chi connectivity index (χ2v) is 10.5. The van der Waals surface area contributed by atoms with E-state index in [0.717, 1.165) is 42.8 Å². The van der Waals surface area contributed by atoms with Gasteiger partial charge in [-0.3, -0.25) is 9.88 Å². The maximum atomic E-state index is 13.5. The molecule has 7 heteroatoms. The van der Waals surface area contributed by atoms with E-state index in [1.807, 2.05) is 59.4 Å². The molecule has 6 nitrogen and oxygen atoms in total. The molecule has 2 aliphatic carbocycles. The van der Waals surface area contributed by atoms with E-state index in [2.05, 4.69) is 17.2 Å². The third kappa shape index (κ3) is 4.85. The van der Waals surface area contributed by atoms with Crippen molar-refractivity contribution in [3.8, 4) is 5.69 Å². The molecule has 0 spiro atoms. The number of amides is 2. The molecule has 2 aromatic heterocycles. The van der Waals surface area contributed by atoms with Gasteiger partial charge in [-0.1, -0.05) is 42.3 Å². The smallest absolute Gasteiger partial charge is 0.322 e. The number of nitrogens with zero attached hydrogens (tertiary/aromatic N) is 4. The van der Waals surface area contributed by atoms with Crippen molar-refractivity contribution in [3.63, 3.8) is 0 Å². The summed E-state index contributed by atoms with van der Waals surface area (Å²) in [7, 11) is 1.79. The number of urea groups is 1. The monoisotopic (exact) mass is 521 g/mol. The summed E-state index contributed by atoms with van der Waals surface area (Å²) in [6.07, 6.45) is 7.47. The molecule has 0 saturated carbocycles. The van der Waals surface area contributed by atoms with Crippen molar-refractivity contribution in [1.29, 1.82) is 0 Å². The van der Waals surface area contributed by atoms with E-state index in [1.54, 1.807) is 30.3 Å². The zero-order valence-corrected chi connectivity index (χ0v) is 22.2. The van der Waals surface area contributed by atoms with Crippen molar-refractivity contribution >= 4 is 11.7 Å². The molecule has 0 aliphatic heterocycles. The number of carbonyl (C=O) groups excluding carboxylic acids is 1. The summed E-state index contributed by atoms with van der Waals surface area (Å²) in [5, 5.41) is 7.96. The molecular weight excluding hydrogens is 489 g/mol. The van der Waals surface area contributed by atoms with Crippen LogP contribution in [0.5, 0.6) is 0 Å². The van der Waals surface area contributed by atoms with Crippen LogP contribution in [0.3, 0.4) is 0 Å². The van der Waals surface area contributed by atoms with E-state index in [9.17, 15) is 9.18 Å². The fraction of sp³-hybridized carbons (Fsp3) is 0.281. The van der Waals surface area contributed by atoms with Crippen LogP contribution in [0.4, 0.5) is 14.9 Å². The van der Waals surface area contributed by atoms with Crippen LogP contribution in [0, 0.1) is 11.7 Å². The van der Waals surface area contributed by atoms with Crippen LogP contribution in [-0.4, -0.2) is 27.8 Å². The molecule has 0 fully saturated rings. The standard InChI is InChI=1S/C32H32FN5O/c1-21-27-20-35-38(26-15-13-24(33)14-16-26)30(27)19-23-12-11-22(31(21)23)18-29(28-10-6-7-17-34-28)36-32(39)37(2)25-8-4-3-5-9-25/h3-10,13-17,20-22,29H,11-12,18-19H2,1-2H3,(H,36,39)/t21-,22+,29?/m0/s1. The quantitative estimate of drug-likeness (QED) is 0.286. The highest BCUT2D eigenvalue weighted by Gasteiger charge is 2.37. The summed E-state index contributed by atoms with van der Waals surface area (Å²) >= 11 is 0. The average Bonchev–Trinajstić information content (AvgIpc) is 3.58. The zero-order valence-electron chi connectivity index (χ0n) is 22.2. The molecule has 0 saturated heterocycles. The number of aromatic nitrogens is 3. The lowest BCUT2D eigenvalue weighted by Gasteiger charge is -2.30. The second kappa shape index (κ2) is 10.5. The first-order valence-corrected chi connectivity index (χ1v) is 13.5. The molecule has 4 aromatic rings. The number of carbonyl (C=O) groups is 1. The Morgan fingerprint density at radius 2 is 1.87 bits per heavy atom. The maximum Gasteiger partial charge on any atom is 0.322 e. The van der Waals surface area contributed by atoms with Crippen LogP contribution in [0.25, 0.3) is 5.69 Å². The lowest BCUT2D eigenvalue weighted by molar-refractivity contribution is 0.241. The number of pyridine rings is 1. The lowest BCUT2D eigenvalue weighted by atomic mass is 9.78. The minimum atomic E-state index is -0.249. The number of fused-ring (bicyclic) bond motifs is 1. The van der Waals surface area contributed by atoms with E-state index in [-0.39, 0.29) is 23.8 Å². The summed E-state index contributed by atoms with van der Waals surface area (Å²) in [4.78, 5) is 19.6. The first kappa shape index (κ1) is 25.0. The van der Waals surface area contributed by atoms with Gasteiger partial charge < -0.3 is 5.32 Å². The van der Waals surface area contributed by atoms with Gasteiger partial charge in [0.25, 0.3) is 0 Å². The summed E-state index contributed by atoms with van der Waals surface area (Å²) < 4.78 is 15.5. The van der Waals surface area contributed by atoms with Crippen LogP contribution in [-0.2, 0) is 6.42 Å². The molecule has 1 unspecified atom stereocenters. The van der Waals surface area contributed by atoms with Crippen molar-refractivity contribution in [3.05, 3.63) is 119 Å². The third-order valence-corrected chi connectivity index (χ3v) is 8.24. The van der Waals surface area contributed by atoms with Gasteiger partial charge in [0.1, 0.15) is 5.82 Å². The number of benzene rings is 2. The summed E-state index contributed by atoms with van der Waals surface area (Å²) in [5.74, 6) is 0.325. The molecule has 2 aliphatic rings. The van der Waals surface area contributed by atoms with E-state index >= 15 is 0 Å². The Morgan fingerprint density at radius 1 is 1.10 bits per heavy atom. The van der Waals surface area contributed by atoms with Crippen molar-refractivity contribution in [2.45, 2.75) is 44.6 Å². The van der Waals surface area contributed by atoms with Gasteiger partial charge in [-0.2, -0.15) is 5.10 Å². The Bertz CT molecular complexity index is 1500. The molecule has 0 radical (unpaired) electrons. The highest BCUT2D eigenvalue weighted by Crippen LogP contribution is 2.49. The predicted octanol–water partition coefficient (Wildman–Crippen LogP) is 6.75. The zero-order chi connectivity index (χ0) is 26.9. The fourth-order valence-corrected chi connectivity index (χ4v) is 6.27. The summed E-state index contributed by atoms with van der Waals surface area (Å²) in [5.41, 5.74) is 7.95. The number of rotatable bonds is 6. The number of anilines is 1. The van der Waals surface area contributed by atoms with Crippen molar-refractivity contribution in [1.82, 2.24) is 20.1 Å². The topological polar surface area (TPSA) is 63.1 Å². The van der Waals surface area contributed by atoms with Gasteiger partial charge in [0.05, 0.1) is 29.3 Å². The van der Waals surface area contributed by atoms with Gasteiger partial charge in [-0.15, -0.1) is 0 Å². The Kier molecular flexibility index (Phi) is 6.73. The molecule has 39 heavy (non-hydrogen) atoms. The molecule has 198 valence electrons. The average molecular weight is 522 g/mol. The molecule has 2 amide bonds. The molecule has 1 N–H and O–H groups in total. The number of hydrogen-bond donors (Lipinski definition) is 1. The molecular formula is C32H32FN5O. The molecule has 6 rings (SSSR count). The Labute approximate surface area is 228 Å². The van der Waals surface area contributed by atoms with Gasteiger partial charge in [0.15, 0.2) is 0 Å². The minimum Gasteiger partial charge on any atom is -0.329 e. The number of allylic oxidation sites excluding steroid dienone is 2. The van der Waals surface area contributed by atoms with E-state index in [0.29, 0.717) is 5.92 Å². The lowest BCUT2D eigenvalue weighted by Crippen LogP contribution is -2.40. The SMILES string of the molecule is C[C@@H]1C2=C(CC[C@@H]2CC(NC(=O)N(C)c2ccccc2)c2ccccn2)Cc2c1cnn2-c1ccc(F)cc1.